The van der Waals surface area contributed by atoms with Gasteiger partial charge in [0.1, 0.15) is 27.5 Å². The third-order valence-electron chi connectivity index (χ3n) is 6.37. The van der Waals surface area contributed by atoms with Crippen molar-refractivity contribution in [1.82, 2.24) is 9.47 Å². The molecule has 34 heavy (non-hydrogen) atoms. The van der Waals surface area contributed by atoms with Gasteiger partial charge in [-0.05, 0) is 55.9 Å². The summed E-state index contributed by atoms with van der Waals surface area (Å²) in [6, 6.07) is 5.67. The van der Waals surface area contributed by atoms with Crippen molar-refractivity contribution in [3.8, 4) is 6.07 Å². The molecule has 2 aromatic rings. The SMILES string of the molecule is CCn1c(N2CC(C)CC(C)C2)c(C=C2SC(=S)N(Cc3ccco3)C2=O)c(C)c(C#N)c1=O. The molecule has 2 atom stereocenters. The molecule has 0 spiro atoms. The first kappa shape index (κ1) is 24.3. The summed E-state index contributed by atoms with van der Waals surface area (Å²) in [6.45, 7) is 10.5. The quantitative estimate of drug-likeness (QED) is 0.444. The second-order valence-corrected chi connectivity index (χ2v) is 10.8. The van der Waals surface area contributed by atoms with E-state index in [1.807, 2.05) is 13.0 Å². The molecule has 2 fully saturated rings. The lowest BCUT2D eigenvalue weighted by Crippen LogP contribution is -2.42. The number of aromatic nitrogens is 1. The number of nitriles is 1. The Balaban J connectivity index is 1.84. The molecule has 0 aliphatic carbocycles. The van der Waals surface area contributed by atoms with E-state index in [1.54, 1.807) is 29.9 Å². The Morgan fingerprint density at radius 2 is 2.00 bits per heavy atom. The largest absolute Gasteiger partial charge is 0.467 e. The Kier molecular flexibility index (Phi) is 7.01. The summed E-state index contributed by atoms with van der Waals surface area (Å²) < 4.78 is 7.52. The number of pyridine rings is 1. The highest BCUT2D eigenvalue weighted by molar-refractivity contribution is 8.26. The lowest BCUT2D eigenvalue weighted by Gasteiger charge is -2.38. The number of hydrogen-bond donors (Lipinski definition) is 0. The molecule has 0 N–H and O–H groups in total. The maximum Gasteiger partial charge on any atom is 0.270 e. The van der Waals surface area contributed by atoms with Crippen LogP contribution < -0.4 is 10.5 Å². The number of piperidine rings is 1. The molecule has 0 radical (unpaired) electrons. The molecule has 2 aliphatic heterocycles. The van der Waals surface area contributed by atoms with Crippen molar-refractivity contribution in [2.24, 2.45) is 11.8 Å². The summed E-state index contributed by atoms with van der Waals surface area (Å²) in [7, 11) is 0. The number of thiocarbonyl (C=S) groups is 1. The maximum atomic E-state index is 13.3. The van der Waals surface area contributed by atoms with Gasteiger partial charge in [-0.2, -0.15) is 5.26 Å². The number of hydrogen-bond acceptors (Lipinski definition) is 7. The summed E-state index contributed by atoms with van der Waals surface area (Å²) in [5.41, 5.74) is 1.15. The second-order valence-electron chi connectivity index (χ2n) is 9.10. The van der Waals surface area contributed by atoms with E-state index in [-0.39, 0.29) is 23.6 Å². The monoisotopic (exact) mass is 496 g/mol. The third-order valence-corrected chi connectivity index (χ3v) is 7.75. The van der Waals surface area contributed by atoms with Gasteiger partial charge in [0.05, 0.1) is 17.7 Å². The van der Waals surface area contributed by atoms with Crippen molar-refractivity contribution < 1.29 is 9.21 Å². The van der Waals surface area contributed by atoms with Gasteiger partial charge in [-0.15, -0.1) is 0 Å². The first-order chi connectivity index (χ1) is 16.2. The van der Waals surface area contributed by atoms with E-state index < -0.39 is 0 Å². The highest BCUT2D eigenvalue weighted by Crippen LogP contribution is 2.37. The Morgan fingerprint density at radius 1 is 1.29 bits per heavy atom. The standard InChI is InChI=1S/C25H28N4O3S2/c1-5-28-22(27-12-15(2)9-16(3)13-27)19(17(4)20(11-26)23(28)30)10-21-24(31)29(25(33)34-21)14-18-7-6-8-32-18/h6-8,10,15-16H,5,9,12-14H2,1-4H3. The second kappa shape index (κ2) is 9.80. The zero-order chi connectivity index (χ0) is 24.6. The van der Waals surface area contributed by atoms with Gasteiger partial charge in [-0.1, -0.05) is 37.8 Å². The third kappa shape index (κ3) is 4.44. The lowest BCUT2D eigenvalue weighted by atomic mass is 9.91. The lowest BCUT2D eigenvalue weighted by molar-refractivity contribution is -0.122. The number of carbonyl (C=O) groups is 1. The van der Waals surface area contributed by atoms with Gasteiger partial charge >= 0.3 is 0 Å². The fraction of sp³-hybridized carbons (Fsp3) is 0.440. The smallest absolute Gasteiger partial charge is 0.270 e. The molecule has 2 aromatic heterocycles. The van der Waals surface area contributed by atoms with Crippen LogP contribution in [0, 0.1) is 30.1 Å². The summed E-state index contributed by atoms with van der Waals surface area (Å²) in [4.78, 5) is 30.7. The van der Waals surface area contributed by atoms with Gasteiger partial charge in [0, 0.05) is 25.2 Å². The molecular formula is C25H28N4O3S2. The van der Waals surface area contributed by atoms with Crippen molar-refractivity contribution >= 4 is 46.1 Å². The molecule has 0 aromatic carbocycles. The topological polar surface area (TPSA) is 82.5 Å². The number of amides is 1. The first-order valence-electron chi connectivity index (χ1n) is 11.4. The highest BCUT2D eigenvalue weighted by atomic mass is 32.2. The normalized spacial score (nSPS) is 22.0. The molecular weight excluding hydrogens is 468 g/mol. The van der Waals surface area contributed by atoms with Gasteiger partial charge in [0.15, 0.2) is 0 Å². The van der Waals surface area contributed by atoms with Crippen LogP contribution in [0.2, 0.25) is 0 Å². The fourth-order valence-electron chi connectivity index (χ4n) is 4.94. The molecule has 9 heteroatoms. The van der Waals surface area contributed by atoms with E-state index in [1.165, 1.54) is 16.7 Å². The van der Waals surface area contributed by atoms with E-state index in [4.69, 9.17) is 16.6 Å². The molecule has 1 amide bonds. The van der Waals surface area contributed by atoms with E-state index in [2.05, 4.69) is 24.8 Å². The van der Waals surface area contributed by atoms with Crippen LogP contribution in [0.3, 0.4) is 0 Å². The van der Waals surface area contributed by atoms with E-state index in [0.29, 0.717) is 38.9 Å². The zero-order valence-corrected chi connectivity index (χ0v) is 21.5. The fourth-order valence-corrected chi connectivity index (χ4v) is 6.18. The molecule has 2 unspecified atom stereocenters. The molecule has 2 aliphatic rings. The van der Waals surface area contributed by atoms with Crippen molar-refractivity contribution in [3.05, 3.63) is 56.1 Å². The Morgan fingerprint density at radius 3 is 2.59 bits per heavy atom. The van der Waals surface area contributed by atoms with E-state index >= 15 is 0 Å². The molecule has 0 bridgehead atoms. The molecule has 4 heterocycles. The predicted molar refractivity (Wildman–Crippen MR) is 138 cm³/mol. The van der Waals surface area contributed by atoms with Gasteiger partial charge in [-0.3, -0.25) is 19.1 Å². The van der Waals surface area contributed by atoms with Gasteiger partial charge in [0.2, 0.25) is 0 Å². The average molecular weight is 497 g/mol. The van der Waals surface area contributed by atoms with Crippen LogP contribution in [-0.2, 0) is 17.9 Å². The molecule has 0 saturated carbocycles. The molecule has 178 valence electrons. The zero-order valence-electron chi connectivity index (χ0n) is 19.8. The number of furan rings is 1. The number of anilines is 1. The van der Waals surface area contributed by atoms with Crippen LogP contribution in [0.5, 0.6) is 0 Å². The minimum Gasteiger partial charge on any atom is -0.467 e. The van der Waals surface area contributed by atoms with Crippen LogP contribution in [-0.4, -0.2) is 32.8 Å². The summed E-state index contributed by atoms with van der Waals surface area (Å²) in [5.74, 6) is 2.17. The van der Waals surface area contributed by atoms with Gasteiger partial charge in [-0.25, -0.2) is 0 Å². The Labute approximate surface area is 209 Å². The minimum atomic E-state index is -0.286. The van der Waals surface area contributed by atoms with Crippen molar-refractivity contribution in [1.29, 1.82) is 5.26 Å². The number of nitrogens with zero attached hydrogens (tertiary/aromatic N) is 4. The van der Waals surface area contributed by atoms with Gasteiger partial charge < -0.3 is 9.32 Å². The first-order valence-corrected chi connectivity index (χ1v) is 12.7. The molecule has 7 nitrogen and oxygen atoms in total. The van der Waals surface area contributed by atoms with Crippen LogP contribution in [0.15, 0.2) is 32.5 Å². The minimum absolute atomic E-state index is 0.112. The Bertz CT molecular complexity index is 1250. The number of carbonyl (C=O) groups excluding carboxylic acids is 1. The summed E-state index contributed by atoms with van der Waals surface area (Å²) in [6.07, 6.45) is 4.50. The number of thioether (sulfide) groups is 1. The van der Waals surface area contributed by atoms with Crippen LogP contribution in [0.25, 0.3) is 6.08 Å². The molecule has 2 saturated heterocycles. The average Bonchev–Trinajstić information content (AvgIpc) is 3.39. The van der Waals surface area contributed by atoms with Crippen molar-refractivity contribution in [2.75, 3.05) is 18.0 Å². The molecule has 4 rings (SSSR count). The van der Waals surface area contributed by atoms with E-state index in [9.17, 15) is 14.9 Å². The van der Waals surface area contributed by atoms with E-state index in [0.717, 1.165) is 30.9 Å². The predicted octanol–water partition coefficient (Wildman–Crippen LogP) is 4.53. The summed E-state index contributed by atoms with van der Waals surface area (Å²) >= 11 is 6.72. The van der Waals surface area contributed by atoms with Crippen molar-refractivity contribution in [3.63, 3.8) is 0 Å². The van der Waals surface area contributed by atoms with Crippen molar-refractivity contribution in [2.45, 2.75) is 47.2 Å². The summed E-state index contributed by atoms with van der Waals surface area (Å²) in [5, 5.41) is 9.76. The number of rotatable bonds is 5. The van der Waals surface area contributed by atoms with Crippen LogP contribution in [0.4, 0.5) is 5.82 Å². The maximum absolute atomic E-state index is 13.3. The van der Waals surface area contributed by atoms with Crippen LogP contribution in [0.1, 0.15) is 49.6 Å². The van der Waals surface area contributed by atoms with Crippen LogP contribution >= 0.6 is 24.0 Å². The van der Waals surface area contributed by atoms with Gasteiger partial charge in [0.25, 0.3) is 11.5 Å². The highest BCUT2D eigenvalue weighted by Gasteiger charge is 2.34. The Hall–Kier alpha value is -2.83.